The van der Waals surface area contributed by atoms with Crippen molar-refractivity contribution in [3.05, 3.63) is 60.7 Å². The Kier molecular flexibility index (Phi) is 3.50. The van der Waals surface area contributed by atoms with Gasteiger partial charge in [-0.25, -0.2) is 8.42 Å². The van der Waals surface area contributed by atoms with E-state index in [1.807, 2.05) is 36.4 Å². The molecule has 4 nitrogen and oxygen atoms in total. The molecule has 0 amide bonds. The Labute approximate surface area is 128 Å². The number of fused-ring (bicyclic) bond motifs is 1. The van der Waals surface area contributed by atoms with Crippen molar-refractivity contribution >= 4 is 20.6 Å². The van der Waals surface area contributed by atoms with Crippen LogP contribution in [0.2, 0.25) is 0 Å². The zero-order chi connectivity index (χ0) is 15.7. The van der Waals surface area contributed by atoms with Crippen LogP contribution in [0.3, 0.4) is 0 Å². The van der Waals surface area contributed by atoms with Crippen molar-refractivity contribution < 1.29 is 18.3 Å². The molecule has 0 aromatic heterocycles. The van der Waals surface area contributed by atoms with Crippen molar-refractivity contribution in [3.63, 3.8) is 0 Å². The first kappa shape index (κ1) is 14.4. The van der Waals surface area contributed by atoms with Gasteiger partial charge in [-0.2, -0.15) is 0 Å². The molecule has 3 aromatic rings. The van der Waals surface area contributed by atoms with Crippen LogP contribution in [0.15, 0.2) is 65.6 Å². The van der Waals surface area contributed by atoms with Gasteiger partial charge >= 0.3 is 0 Å². The van der Waals surface area contributed by atoms with Crippen LogP contribution in [0.5, 0.6) is 17.2 Å². The van der Waals surface area contributed by atoms with E-state index in [1.165, 1.54) is 18.2 Å². The normalized spacial score (nSPS) is 11.5. The minimum absolute atomic E-state index is 0.000668. The second kappa shape index (κ2) is 5.35. The summed E-state index contributed by atoms with van der Waals surface area (Å²) >= 11 is 0. The van der Waals surface area contributed by atoms with Gasteiger partial charge in [0, 0.05) is 17.7 Å². The predicted octanol–water partition coefficient (Wildman–Crippen LogP) is 4.18. The fourth-order valence-electron chi connectivity index (χ4n) is 2.20. The summed E-state index contributed by atoms with van der Waals surface area (Å²) in [6, 6.07) is 16.9. The summed E-state index contributed by atoms with van der Waals surface area (Å²) in [7, 11) is -3.40. The summed E-state index contributed by atoms with van der Waals surface area (Å²) in [4.78, 5) is 0.0577. The molecule has 0 saturated carbocycles. The first-order valence-corrected chi connectivity index (χ1v) is 8.51. The summed E-state index contributed by atoms with van der Waals surface area (Å²) in [5.74, 6) is 0.153. The van der Waals surface area contributed by atoms with Crippen LogP contribution in [-0.4, -0.2) is 14.7 Å². The molecule has 0 unspecified atom stereocenters. The van der Waals surface area contributed by atoms with E-state index in [1.54, 1.807) is 6.07 Å². The number of ether oxygens (including phenoxy) is 1. The maximum Gasteiger partial charge on any atom is 0.221 e. The van der Waals surface area contributed by atoms with Crippen molar-refractivity contribution in [2.45, 2.75) is 4.90 Å². The third kappa shape index (κ3) is 2.76. The molecule has 0 atom stereocenters. The molecule has 111 valence electrons. The molecule has 3 rings (SSSR count). The monoisotopic (exact) mass is 313 g/mol. The quantitative estimate of drug-likeness (QED) is 0.728. The summed E-state index contributed by atoms with van der Waals surface area (Å²) < 4.78 is 28.9. The van der Waals surface area contributed by atoms with Crippen LogP contribution in [-0.2, 0) is 14.9 Å². The van der Waals surface area contributed by atoms with E-state index < -0.39 is 9.84 Å². The van der Waals surface area contributed by atoms with Crippen LogP contribution in [0.1, 0.15) is 0 Å². The van der Waals surface area contributed by atoms with Crippen LogP contribution in [0.4, 0.5) is 0 Å². The Morgan fingerprint density at radius 1 is 0.864 bits per heavy atom. The topological polar surface area (TPSA) is 63.3 Å². The van der Waals surface area contributed by atoms with Crippen molar-refractivity contribution in [2.24, 2.45) is 0 Å². The van der Waals surface area contributed by atoms with E-state index in [4.69, 9.17) is 4.74 Å². The number of sulfone groups is 1. The second-order valence-electron chi connectivity index (χ2n) is 4.96. The van der Waals surface area contributed by atoms with Crippen molar-refractivity contribution in [1.82, 2.24) is 0 Å². The second-order valence-corrected chi connectivity index (χ2v) is 6.98. The minimum Gasteiger partial charge on any atom is -0.453 e. The third-order valence-electron chi connectivity index (χ3n) is 3.31. The zero-order valence-electron chi connectivity index (χ0n) is 11.8. The van der Waals surface area contributed by atoms with Gasteiger partial charge in [0.05, 0.1) is 4.90 Å². The average molecular weight is 313 g/mol. The Balaban J connectivity index is 2.09. The van der Waals surface area contributed by atoms with Gasteiger partial charge in [0.1, 0.15) is 5.75 Å². The molecular weight excluding hydrogens is 300 g/mol. The summed E-state index contributed by atoms with van der Waals surface area (Å²) in [5, 5.41) is 13.8. The SMILES string of the molecule is CS(=O)(=O)c1ccc([O])c(Oc2cccc3ccccc23)c1. The molecule has 0 heterocycles. The van der Waals surface area contributed by atoms with Gasteiger partial charge in [0.2, 0.25) is 5.75 Å². The lowest BCUT2D eigenvalue weighted by atomic mass is 10.1. The van der Waals surface area contributed by atoms with Crippen molar-refractivity contribution in [3.8, 4) is 17.2 Å². The van der Waals surface area contributed by atoms with E-state index in [-0.39, 0.29) is 16.4 Å². The number of rotatable bonds is 3. The molecule has 0 bridgehead atoms. The molecular formula is C17H13O4S. The first-order valence-electron chi connectivity index (χ1n) is 6.62. The van der Waals surface area contributed by atoms with Crippen molar-refractivity contribution in [2.75, 3.05) is 6.26 Å². The summed E-state index contributed by atoms with van der Waals surface area (Å²) in [5.41, 5.74) is 0. The minimum atomic E-state index is -3.40. The molecule has 0 fully saturated rings. The van der Waals surface area contributed by atoms with E-state index in [2.05, 4.69) is 0 Å². The van der Waals surface area contributed by atoms with Gasteiger partial charge in [-0.3, -0.25) is 5.11 Å². The molecule has 0 aliphatic heterocycles. The molecule has 0 aliphatic carbocycles. The molecule has 0 spiro atoms. The molecule has 22 heavy (non-hydrogen) atoms. The molecule has 3 aromatic carbocycles. The summed E-state index contributed by atoms with van der Waals surface area (Å²) in [6.07, 6.45) is 1.09. The Morgan fingerprint density at radius 2 is 1.59 bits per heavy atom. The predicted molar refractivity (Wildman–Crippen MR) is 83.7 cm³/mol. The molecule has 0 N–H and O–H groups in total. The highest BCUT2D eigenvalue weighted by molar-refractivity contribution is 7.90. The Hall–Kier alpha value is -2.53. The van der Waals surface area contributed by atoms with E-state index in [0.717, 1.165) is 17.0 Å². The lowest BCUT2D eigenvalue weighted by Gasteiger charge is -2.10. The zero-order valence-corrected chi connectivity index (χ0v) is 12.6. The smallest absolute Gasteiger partial charge is 0.221 e. The number of hydrogen-bond donors (Lipinski definition) is 0. The van der Waals surface area contributed by atoms with Gasteiger partial charge in [-0.1, -0.05) is 36.4 Å². The van der Waals surface area contributed by atoms with Crippen LogP contribution in [0.25, 0.3) is 10.8 Å². The Bertz CT molecular complexity index is 941. The van der Waals surface area contributed by atoms with Crippen LogP contribution >= 0.6 is 0 Å². The van der Waals surface area contributed by atoms with Gasteiger partial charge in [-0.15, -0.1) is 0 Å². The molecule has 0 saturated heterocycles. The molecule has 5 heteroatoms. The third-order valence-corrected chi connectivity index (χ3v) is 4.42. The van der Waals surface area contributed by atoms with E-state index in [0.29, 0.717) is 5.75 Å². The van der Waals surface area contributed by atoms with Gasteiger partial charge in [-0.05, 0) is 23.6 Å². The maximum absolute atomic E-state index is 11.9. The van der Waals surface area contributed by atoms with Crippen LogP contribution in [0, 0.1) is 0 Å². The molecule has 0 aliphatic rings. The highest BCUT2D eigenvalue weighted by Gasteiger charge is 2.14. The summed E-state index contributed by atoms with van der Waals surface area (Å²) in [6.45, 7) is 0. The largest absolute Gasteiger partial charge is 0.453 e. The number of benzene rings is 3. The standard InChI is InChI=1S/C17H13O4S/c1-22(19,20)13-9-10-15(18)17(11-13)21-16-8-4-6-12-5-2-3-7-14(12)16/h2-11H,1H3. The maximum atomic E-state index is 11.9. The fraction of sp³-hybridized carbons (Fsp3) is 0.0588. The average Bonchev–Trinajstić information content (AvgIpc) is 2.49. The van der Waals surface area contributed by atoms with Gasteiger partial charge < -0.3 is 4.74 Å². The Morgan fingerprint density at radius 3 is 2.36 bits per heavy atom. The lowest BCUT2D eigenvalue weighted by Crippen LogP contribution is -1.97. The van der Waals surface area contributed by atoms with E-state index in [9.17, 15) is 13.5 Å². The first-order chi connectivity index (χ1) is 10.4. The van der Waals surface area contributed by atoms with Crippen molar-refractivity contribution in [1.29, 1.82) is 0 Å². The lowest BCUT2D eigenvalue weighted by molar-refractivity contribution is 0.329. The number of hydrogen-bond acceptors (Lipinski definition) is 3. The van der Waals surface area contributed by atoms with Gasteiger partial charge in [0.15, 0.2) is 15.6 Å². The fourth-order valence-corrected chi connectivity index (χ4v) is 2.84. The van der Waals surface area contributed by atoms with Crippen LogP contribution < -0.4 is 4.74 Å². The van der Waals surface area contributed by atoms with E-state index >= 15 is 0 Å². The highest BCUT2D eigenvalue weighted by atomic mass is 32.2. The molecule has 1 radical (unpaired) electrons. The highest BCUT2D eigenvalue weighted by Crippen LogP contribution is 2.36. The van der Waals surface area contributed by atoms with Gasteiger partial charge in [0.25, 0.3) is 0 Å².